The number of rotatable bonds is 8. The normalized spacial score (nSPS) is 10.7. The van der Waals surface area contributed by atoms with Gasteiger partial charge in [0.2, 0.25) is 0 Å². The zero-order valence-electron chi connectivity index (χ0n) is 13.1. The van der Waals surface area contributed by atoms with Crippen LogP contribution in [0.2, 0.25) is 0 Å². The van der Waals surface area contributed by atoms with Crippen LogP contribution in [0.15, 0.2) is 48.5 Å². The molecule has 0 saturated heterocycles. The van der Waals surface area contributed by atoms with Crippen molar-refractivity contribution in [3.05, 3.63) is 54.1 Å². The van der Waals surface area contributed by atoms with Crippen molar-refractivity contribution in [2.75, 3.05) is 0 Å². The largest absolute Gasteiger partial charge is 0.593 e. The van der Waals surface area contributed by atoms with Gasteiger partial charge in [-0.2, -0.15) is 0 Å². The fourth-order valence-electron chi connectivity index (χ4n) is 2.64. The van der Waals surface area contributed by atoms with Gasteiger partial charge in [0, 0.05) is 12.1 Å². The summed E-state index contributed by atoms with van der Waals surface area (Å²) in [7, 11) is 0. The van der Waals surface area contributed by atoms with E-state index < -0.39 is 0 Å². The third kappa shape index (κ3) is 5.26. The Morgan fingerprint density at radius 2 is 1.19 bits per heavy atom. The van der Waals surface area contributed by atoms with Crippen LogP contribution >= 0.6 is 0 Å². The van der Waals surface area contributed by atoms with Crippen molar-refractivity contribution < 1.29 is 5.11 Å². The highest BCUT2D eigenvalue weighted by Crippen LogP contribution is 2.22. The van der Waals surface area contributed by atoms with E-state index in [4.69, 9.17) is 5.11 Å². The van der Waals surface area contributed by atoms with E-state index in [-0.39, 0.29) is 0 Å². The summed E-state index contributed by atoms with van der Waals surface area (Å²) < 4.78 is 0. The molecule has 0 aromatic heterocycles. The van der Waals surface area contributed by atoms with Crippen molar-refractivity contribution in [2.45, 2.75) is 51.9 Å². The van der Waals surface area contributed by atoms with Crippen LogP contribution in [0.3, 0.4) is 0 Å². The Balaban J connectivity index is 1.80. The zero-order chi connectivity index (χ0) is 14.9. The van der Waals surface area contributed by atoms with Crippen molar-refractivity contribution in [2.24, 2.45) is 0 Å². The molecule has 2 aromatic rings. The fraction of sp³-hybridized carbons (Fsp3) is 0.400. The third-order valence-corrected chi connectivity index (χ3v) is 3.99. The monoisotopic (exact) mass is 283 g/mol. The Labute approximate surface area is 128 Å². The predicted molar refractivity (Wildman–Crippen MR) is 92.0 cm³/mol. The van der Waals surface area contributed by atoms with Crippen molar-refractivity contribution in [1.29, 1.82) is 0 Å². The molecular formula is C20H27O+. The second-order valence-electron chi connectivity index (χ2n) is 5.79. The van der Waals surface area contributed by atoms with Crippen molar-refractivity contribution >= 4 is 0 Å². The van der Waals surface area contributed by atoms with Gasteiger partial charge in [0.15, 0.2) is 0 Å². The van der Waals surface area contributed by atoms with E-state index in [1.165, 1.54) is 61.6 Å². The molecule has 0 radical (unpaired) electrons. The first-order valence-corrected chi connectivity index (χ1v) is 8.20. The van der Waals surface area contributed by atoms with Gasteiger partial charge in [-0.15, -0.1) is 0 Å². The lowest BCUT2D eigenvalue weighted by Gasteiger charge is -2.05. The molecule has 0 fully saturated rings. The Morgan fingerprint density at radius 3 is 1.81 bits per heavy atom. The molecule has 21 heavy (non-hydrogen) atoms. The number of aryl methyl sites for hydroxylation is 1. The number of benzene rings is 2. The lowest BCUT2D eigenvalue weighted by Crippen LogP contribution is -1.87. The molecule has 2 rings (SSSR count). The van der Waals surface area contributed by atoms with Crippen LogP contribution in [0.25, 0.3) is 11.1 Å². The molecule has 0 amide bonds. The van der Waals surface area contributed by atoms with Gasteiger partial charge in [0.25, 0.3) is 5.75 Å². The molecule has 2 aromatic carbocycles. The topological polar surface area (TPSA) is 22.9 Å². The molecule has 1 nitrogen and oxygen atoms in total. The van der Waals surface area contributed by atoms with E-state index in [0.717, 1.165) is 0 Å². The standard InChI is InChI=1S/C20H26O/c1-2-3-4-5-6-7-8-17-9-11-18(12-10-17)19-13-15-20(21)16-14-19/h9-16,21H,2-8H2,1H3/p+1. The third-order valence-electron chi connectivity index (χ3n) is 3.99. The Kier molecular flexibility index (Phi) is 6.33. The molecule has 0 heterocycles. The van der Waals surface area contributed by atoms with E-state index in [1.807, 2.05) is 24.3 Å². The number of unbranched alkanes of at least 4 members (excludes halogenated alkanes) is 5. The highest BCUT2D eigenvalue weighted by Gasteiger charge is 2.00. The average molecular weight is 283 g/mol. The minimum atomic E-state index is 0.568. The molecule has 0 aliphatic rings. The van der Waals surface area contributed by atoms with Gasteiger partial charge in [-0.05, 0) is 41.7 Å². The van der Waals surface area contributed by atoms with Gasteiger partial charge >= 0.3 is 0 Å². The van der Waals surface area contributed by atoms with Crippen LogP contribution < -0.4 is 0 Å². The highest BCUT2D eigenvalue weighted by molar-refractivity contribution is 5.64. The first kappa shape index (κ1) is 15.6. The number of hydrogen-bond donors (Lipinski definition) is 0. The lowest BCUT2D eigenvalue weighted by molar-refractivity contribution is 0.475. The van der Waals surface area contributed by atoms with Crippen LogP contribution in [-0.4, -0.2) is 5.11 Å². The second kappa shape index (κ2) is 8.51. The Morgan fingerprint density at radius 1 is 0.667 bits per heavy atom. The summed E-state index contributed by atoms with van der Waals surface area (Å²) in [4.78, 5) is 0. The van der Waals surface area contributed by atoms with Crippen molar-refractivity contribution in [3.63, 3.8) is 0 Å². The van der Waals surface area contributed by atoms with Gasteiger partial charge in [0.1, 0.15) is 0 Å². The molecule has 0 bridgehead atoms. The molecule has 0 unspecified atom stereocenters. The maximum atomic E-state index is 7.52. The quantitative estimate of drug-likeness (QED) is 0.438. The molecule has 0 spiro atoms. The van der Waals surface area contributed by atoms with E-state index >= 15 is 0 Å². The van der Waals surface area contributed by atoms with Crippen LogP contribution in [0.1, 0.15) is 51.0 Å². The zero-order valence-corrected chi connectivity index (χ0v) is 13.1. The van der Waals surface area contributed by atoms with Crippen LogP contribution in [0.4, 0.5) is 0 Å². The second-order valence-corrected chi connectivity index (χ2v) is 5.79. The average Bonchev–Trinajstić information content (AvgIpc) is 2.52. The smallest absolute Gasteiger partial charge is 0.253 e. The lowest BCUT2D eigenvalue weighted by atomic mass is 10.0. The minimum absolute atomic E-state index is 0.568. The number of hydrogen-bond acceptors (Lipinski definition) is 0. The van der Waals surface area contributed by atoms with E-state index in [9.17, 15) is 0 Å². The maximum Gasteiger partial charge on any atom is 0.253 e. The van der Waals surface area contributed by atoms with E-state index in [1.54, 1.807) is 0 Å². The molecular weight excluding hydrogens is 256 g/mol. The molecule has 112 valence electrons. The predicted octanol–water partition coefficient (Wildman–Crippen LogP) is 5.69. The first-order chi connectivity index (χ1) is 10.3. The summed E-state index contributed by atoms with van der Waals surface area (Å²) >= 11 is 0. The van der Waals surface area contributed by atoms with Crippen LogP contribution in [-0.2, 0) is 6.42 Å². The Hall–Kier alpha value is -1.76. The maximum absolute atomic E-state index is 7.52. The van der Waals surface area contributed by atoms with Crippen LogP contribution in [0.5, 0.6) is 5.75 Å². The molecule has 2 N–H and O–H groups in total. The molecule has 0 saturated carbocycles. The Bertz CT molecular complexity index is 511. The van der Waals surface area contributed by atoms with Gasteiger partial charge in [-0.1, -0.05) is 63.3 Å². The van der Waals surface area contributed by atoms with E-state index in [2.05, 4.69) is 31.2 Å². The van der Waals surface area contributed by atoms with E-state index in [0.29, 0.717) is 5.75 Å². The first-order valence-electron chi connectivity index (χ1n) is 8.20. The summed E-state index contributed by atoms with van der Waals surface area (Å²) in [5.41, 5.74) is 3.87. The summed E-state index contributed by atoms with van der Waals surface area (Å²) in [6.07, 6.45) is 9.32. The summed E-state index contributed by atoms with van der Waals surface area (Å²) in [5.74, 6) is 0.568. The summed E-state index contributed by atoms with van der Waals surface area (Å²) in [6.45, 7) is 2.26. The van der Waals surface area contributed by atoms with Gasteiger partial charge in [0.05, 0.1) is 0 Å². The van der Waals surface area contributed by atoms with Gasteiger partial charge in [-0.3, -0.25) is 0 Å². The molecule has 1 heteroatoms. The van der Waals surface area contributed by atoms with Crippen LogP contribution in [0, 0.1) is 0 Å². The molecule has 0 aliphatic carbocycles. The fourth-order valence-corrected chi connectivity index (χ4v) is 2.64. The molecule has 0 aliphatic heterocycles. The highest BCUT2D eigenvalue weighted by atomic mass is 16.3. The van der Waals surface area contributed by atoms with Gasteiger partial charge < -0.3 is 5.11 Å². The van der Waals surface area contributed by atoms with Gasteiger partial charge in [-0.25, -0.2) is 0 Å². The molecule has 0 atom stereocenters. The van der Waals surface area contributed by atoms with Crippen molar-refractivity contribution in [1.82, 2.24) is 0 Å². The minimum Gasteiger partial charge on any atom is -0.593 e. The SMILES string of the molecule is CCCCCCCCc1ccc(-c2ccc([OH2+])cc2)cc1. The summed E-state index contributed by atoms with van der Waals surface area (Å²) in [5, 5.41) is 7.52. The van der Waals surface area contributed by atoms with Crippen molar-refractivity contribution in [3.8, 4) is 16.9 Å². The summed E-state index contributed by atoms with van der Waals surface area (Å²) in [6, 6.07) is 16.6.